The van der Waals surface area contributed by atoms with Crippen LogP contribution in [0.1, 0.15) is 55.4 Å². The van der Waals surface area contributed by atoms with E-state index in [1.54, 1.807) is 0 Å². The van der Waals surface area contributed by atoms with Crippen LogP contribution in [0.25, 0.3) is 0 Å². The molecular weight excluding hydrogens is 344 g/mol. The zero-order valence-corrected chi connectivity index (χ0v) is 17.6. The third kappa shape index (κ3) is 4.42. The second-order valence-electron chi connectivity index (χ2n) is 9.40. The molecule has 0 amide bonds. The Hall–Kier alpha value is -1.84. The van der Waals surface area contributed by atoms with Crippen LogP contribution in [0.4, 0.5) is 5.69 Å². The number of nitrogens with zero attached hydrogens (tertiary/aromatic N) is 1. The number of rotatable bonds is 4. The second kappa shape index (κ2) is 8.26. The molecule has 0 bridgehead atoms. The van der Waals surface area contributed by atoms with Crippen LogP contribution in [0, 0.1) is 5.41 Å². The molecule has 150 valence electrons. The van der Waals surface area contributed by atoms with Crippen molar-refractivity contribution in [1.29, 1.82) is 0 Å². The topological polar surface area (TPSA) is 24.5 Å². The van der Waals surface area contributed by atoms with Crippen LogP contribution in [-0.2, 0) is 17.7 Å². The van der Waals surface area contributed by atoms with E-state index < -0.39 is 0 Å². The maximum atomic E-state index is 5.56. The maximum Gasteiger partial charge on any atom is 0.0594 e. The zero-order chi connectivity index (χ0) is 19.6. The Labute approximate surface area is 170 Å². The normalized spacial score (nSPS) is 20.5. The Morgan fingerprint density at radius 2 is 1.79 bits per heavy atom. The van der Waals surface area contributed by atoms with E-state index in [1.165, 1.54) is 34.4 Å². The van der Waals surface area contributed by atoms with E-state index in [1.807, 2.05) is 0 Å². The van der Waals surface area contributed by atoms with Gasteiger partial charge in [-0.05, 0) is 46.4 Å². The van der Waals surface area contributed by atoms with E-state index in [0.29, 0.717) is 5.92 Å². The SMILES string of the molecule is CC(C)(C)C1CCNc2c(CN3CCOCC3)cc(Cc3ccccc3)cc21. The lowest BCUT2D eigenvalue weighted by Gasteiger charge is -2.38. The zero-order valence-electron chi connectivity index (χ0n) is 17.6. The molecule has 1 fully saturated rings. The Balaban J connectivity index is 1.71. The minimum absolute atomic E-state index is 0.276. The van der Waals surface area contributed by atoms with Gasteiger partial charge in [0.15, 0.2) is 0 Å². The van der Waals surface area contributed by atoms with Gasteiger partial charge in [-0.3, -0.25) is 4.90 Å². The van der Waals surface area contributed by atoms with E-state index >= 15 is 0 Å². The number of hydrogen-bond acceptors (Lipinski definition) is 3. The third-order valence-corrected chi connectivity index (χ3v) is 6.21. The van der Waals surface area contributed by atoms with Crippen molar-refractivity contribution in [3.8, 4) is 0 Å². The summed E-state index contributed by atoms with van der Waals surface area (Å²) in [4.78, 5) is 2.54. The van der Waals surface area contributed by atoms with Gasteiger partial charge in [0.1, 0.15) is 0 Å². The fraction of sp³-hybridized carbons (Fsp3) is 0.520. The van der Waals surface area contributed by atoms with E-state index in [0.717, 1.165) is 45.8 Å². The van der Waals surface area contributed by atoms with Crippen LogP contribution in [0.2, 0.25) is 0 Å². The Kier molecular flexibility index (Phi) is 5.75. The van der Waals surface area contributed by atoms with Crippen molar-refractivity contribution in [3.05, 3.63) is 64.7 Å². The first-order valence-electron chi connectivity index (χ1n) is 10.7. The lowest BCUT2D eigenvalue weighted by Crippen LogP contribution is -2.36. The summed E-state index contributed by atoms with van der Waals surface area (Å²) < 4.78 is 5.56. The van der Waals surface area contributed by atoms with Crippen LogP contribution in [0.3, 0.4) is 0 Å². The average Bonchev–Trinajstić information content (AvgIpc) is 2.68. The molecule has 28 heavy (non-hydrogen) atoms. The highest BCUT2D eigenvalue weighted by molar-refractivity contribution is 5.63. The van der Waals surface area contributed by atoms with Gasteiger partial charge >= 0.3 is 0 Å². The summed E-state index contributed by atoms with van der Waals surface area (Å²) >= 11 is 0. The van der Waals surface area contributed by atoms with Crippen molar-refractivity contribution >= 4 is 5.69 Å². The molecule has 2 aromatic carbocycles. The summed E-state index contributed by atoms with van der Waals surface area (Å²) in [5.74, 6) is 0.600. The molecule has 2 aliphatic rings. The largest absolute Gasteiger partial charge is 0.385 e. The first kappa shape index (κ1) is 19.5. The smallest absolute Gasteiger partial charge is 0.0594 e. The van der Waals surface area contributed by atoms with Gasteiger partial charge in [0, 0.05) is 31.9 Å². The number of nitrogens with one attached hydrogen (secondary N) is 1. The van der Waals surface area contributed by atoms with Crippen molar-refractivity contribution < 1.29 is 4.74 Å². The van der Waals surface area contributed by atoms with Gasteiger partial charge in [-0.2, -0.15) is 0 Å². The highest BCUT2D eigenvalue weighted by atomic mass is 16.5. The molecule has 2 heterocycles. The summed E-state index contributed by atoms with van der Waals surface area (Å²) in [7, 11) is 0. The molecule has 3 heteroatoms. The maximum absolute atomic E-state index is 5.56. The molecular formula is C25H34N2O. The van der Waals surface area contributed by atoms with E-state index in [9.17, 15) is 0 Å². The van der Waals surface area contributed by atoms with Crippen molar-refractivity contribution in [3.63, 3.8) is 0 Å². The van der Waals surface area contributed by atoms with Gasteiger partial charge < -0.3 is 10.1 Å². The van der Waals surface area contributed by atoms with Crippen molar-refractivity contribution in [2.24, 2.45) is 5.41 Å². The Morgan fingerprint density at radius 1 is 1.04 bits per heavy atom. The molecule has 1 unspecified atom stereocenters. The number of fused-ring (bicyclic) bond motifs is 1. The predicted octanol–water partition coefficient (Wildman–Crippen LogP) is 5.05. The summed E-state index contributed by atoms with van der Waals surface area (Å²) in [5, 5.41) is 3.76. The molecule has 1 N–H and O–H groups in total. The van der Waals surface area contributed by atoms with Gasteiger partial charge in [-0.25, -0.2) is 0 Å². The number of benzene rings is 2. The van der Waals surface area contributed by atoms with E-state index in [4.69, 9.17) is 4.74 Å². The molecule has 0 aliphatic carbocycles. The quantitative estimate of drug-likeness (QED) is 0.805. The van der Waals surface area contributed by atoms with Crippen LogP contribution >= 0.6 is 0 Å². The van der Waals surface area contributed by atoms with E-state index in [2.05, 4.69) is 73.5 Å². The molecule has 4 rings (SSSR count). The van der Waals surface area contributed by atoms with Crippen molar-refractivity contribution in [1.82, 2.24) is 4.90 Å². The highest BCUT2D eigenvalue weighted by Crippen LogP contribution is 2.45. The van der Waals surface area contributed by atoms with E-state index in [-0.39, 0.29) is 5.41 Å². The van der Waals surface area contributed by atoms with Crippen LogP contribution in [0.15, 0.2) is 42.5 Å². The Morgan fingerprint density at radius 3 is 2.50 bits per heavy atom. The van der Waals surface area contributed by atoms with Crippen LogP contribution in [0.5, 0.6) is 0 Å². The molecule has 2 aromatic rings. The Bertz CT molecular complexity index is 788. The van der Waals surface area contributed by atoms with Crippen LogP contribution in [-0.4, -0.2) is 37.7 Å². The van der Waals surface area contributed by atoms with Gasteiger partial charge in [0.25, 0.3) is 0 Å². The molecule has 1 saturated heterocycles. The average molecular weight is 379 g/mol. The second-order valence-corrected chi connectivity index (χ2v) is 9.40. The van der Waals surface area contributed by atoms with Gasteiger partial charge in [-0.15, -0.1) is 0 Å². The molecule has 0 saturated carbocycles. The number of morpholine rings is 1. The minimum Gasteiger partial charge on any atom is -0.385 e. The molecule has 0 radical (unpaired) electrons. The molecule has 0 spiro atoms. The van der Waals surface area contributed by atoms with Gasteiger partial charge in [-0.1, -0.05) is 63.2 Å². The minimum atomic E-state index is 0.276. The first-order valence-corrected chi connectivity index (χ1v) is 10.7. The molecule has 2 aliphatic heterocycles. The number of anilines is 1. The lowest BCUT2D eigenvalue weighted by atomic mass is 9.72. The molecule has 1 atom stereocenters. The fourth-order valence-electron chi connectivity index (χ4n) is 4.74. The van der Waals surface area contributed by atoms with Crippen LogP contribution < -0.4 is 5.32 Å². The summed E-state index contributed by atoms with van der Waals surface area (Å²) in [6, 6.07) is 15.8. The summed E-state index contributed by atoms with van der Waals surface area (Å²) in [6.07, 6.45) is 2.21. The third-order valence-electron chi connectivity index (χ3n) is 6.21. The van der Waals surface area contributed by atoms with Crippen molar-refractivity contribution in [2.75, 3.05) is 38.2 Å². The molecule has 0 aromatic heterocycles. The first-order chi connectivity index (χ1) is 13.5. The highest BCUT2D eigenvalue weighted by Gasteiger charge is 2.32. The monoisotopic (exact) mass is 378 g/mol. The van der Waals surface area contributed by atoms with Gasteiger partial charge in [0.2, 0.25) is 0 Å². The fourth-order valence-corrected chi connectivity index (χ4v) is 4.74. The molecule has 3 nitrogen and oxygen atoms in total. The number of hydrogen-bond donors (Lipinski definition) is 1. The van der Waals surface area contributed by atoms with Crippen molar-refractivity contribution in [2.45, 2.75) is 46.1 Å². The number of ether oxygens (including phenoxy) is 1. The summed E-state index contributed by atoms with van der Waals surface area (Å²) in [6.45, 7) is 13.0. The van der Waals surface area contributed by atoms with Gasteiger partial charge in [0.05, 0.1) is 13.2 Å². The predicted molar refractivity (Wildman–Crippen MR) is 117 cm³/mol. The summed E-state index contributed by atoms with van der Waals surface area (Å²) in [5.41, 5.74) is 7.48. The standard InChI is InChI=1S/C25H34N2O/c1-25(2,3)23-9-10-26-24-21(18-27-11-13-28-14-12-27)16-20(17-22(23)24)15-19-7-5-4-6-8-19/h4-8,16-17,23,26H,9-15,18H2,1-3H3. The lowest BCUT2D eigenvalue weighted by molar-refractivity contribution is 0.0342.